The molecule has 0 saturated heterocycles. The number of anilines is 1. The first-order chi connectivity index (χ1) is 7.75. The van der Waals surface area contributed by atoms with Crippen molar-refractivity contribution in [2.75, 3.05) is 11.9 Å². The first-order valence-corrected chi connectivity index (χ1v) is 6.50. The fraction of sp³-hybridized carbons (Fsp3) is 0.182. The van der Waals surface area contributed by atoms with Crippen LogP contribution in [-0.4, -0.2) is 16.3 Å². The van der Waals surface area contributed by atoms with E-state index in [-0.39, 0.29) is 0 Å². The van der Waals surface area contributed by atoms with Crippen LogP contribution in [0.1, 0.15) is 0 Å². The zero-order chi connectivity index (χ0) is 11.4. The van der Waals surface area contributed by atoms with Gasteiger partial charge in [0.15, 0.2) is 0 Å². The standard InChI is InChI=1S/C11H11Br2N3/c12-9-2-3-11(10(13)8-9)14-5-7-16-6-1-4-15-16/h1-4,6,8,14H,5,7H2. The third-order valence-corrected chi connectivity index (χ3v) is 3.30. The summed E-state index contributed by atoms with van der Waals surface area (Å²) in [5.74, 6) is 0. The molecule has 1 heterocycles. The average Bonchev–Trinajstić information content (AvgIpc) is 2.74. The summed E-state index contributed by atoms with van der Waals surface area (Å²) in [6.07, 6.45) is 3.74. The van der Waals surface area contributed by atoms with Crippen LogP contribution in [0.5, 0.6) is 0 Å². The quantitative estimate of drug-likeness (QED) is 0.919. The van der Waals surface area contributed by atoms with Gasteiger partial charge in [0.05, 0.1) is 6.54 Å². The van der Waals surface area contributed by atoms with Gasteiger partial charge in [-0.2, -0.15) is 5.10 Å². The second-order valence-electron chi connectivity index (χ2n) is 3.32. The van der Waals surface area contributed by atoms with Gasteiger partial charge in [0.2, 0.25) is 0 Å². The third-order valence-electron chi connectivity index (χ3n) is 2.15. The van der Waals surface area contributed by atoms with Crippen molar-refractivity contribution in [2.45, 2.75) is 6.54 Å². The van der Waals surface area contributed by atoms with Gasteiger partial charge < -0.3 is 5.32 Å². The molecule has 0 aliphatic heterocycles. The molecule has 3 nitrogen and oxygen atoms in total. The highest BCUT2D eigenvalue weighted by atomic mass is 79.9. The molecule has 2 aromatic rings. The Morgan fingerprint density at radius 1 is 1.31 bits per heavy atom. The summed E-state index contributed by atoms with van der Waals surface area (Å²) in [6, 6.07) is 8.00. The van der Waals surface area contributed by atoms with Gasteiger partial charge in [-0.05, 0) is 40.2 Å². The molecular formula is C11H11Br2N3. The van der Waals surface area contributed by atoms with Gasteiger partial charge in [0.1, 0.15) is 0 Å². The predicted octanol–water partition coefficient (Wildman–Crippen LogP) is 3.52. The van der Waals surface area contributed by atoms with E-state index < -0.39 is 0 Å². The van der Waals surface area contributed by atoms with Gasteiger partial charge in [0.25, 0.3) is 0 Å². The summed E-state index contributed by atoms with van der Waals surface area (Å²) < 4.78 is 4.03. The van der Waals surface area contributed by atoms with Gasteiger partial charge in [-0.25, -0.2) is 0 Å². The van der Waals surface area contributed by atoms with Gasteiger partial charge in [-0.1, -0.05) is 15.9 Å². The molecule has 84 valence electrons. The summed E-state index contributed by atoms with van der Waals surface area (Å²) in [4.78, 5) is 0. The Morgan fingerprint density at radius 3 is 2.88 bits per heavy atom. The molecule has 0 aliphatic rings. The Kier molecular flexibility index (Phi) is 4.01. The molecule has 1 aromatic heterocycles. The third kappa shape index (κ3) is 3.09. The highest BCUT2D eigenvalue weighted by Crippen LogP contribution is 2.25. The molecule has 16 heavy (non-hydrogen) atoms. The molecule has 2 rings (SSSR count). The molecule has 0 unspecified atom stereocenters. The Labute approximate surface area is 111 Å². The van der Waals surface area contributed by atoms with E-state index in [0.717, 1.165) is 27.7 Å². The van der Waals surface area contributed by atoms with Crippen LogP contribution < -0.4 is 5.32 Å². The van der Waals surface area contributed by atoms with Crippen LogP contribution in [0.15, 0.2) is 45.6 Å². The smallest absolute Gasteiger partial charge is 0.0582 e. The van der Waals surface area contributed by atoms with Crippen LogP contribution >= 0.6 is 31.9 Å². The van der Waals surface area contributed by atoms with E-state index in [1.165, 1.54) is 0 Å². The Hall–Kier alpha value is -0.810. The zero-order valence-corrected chi connectivity index (χ0v) is 11.7. The molecule has 1 aromatic carbocycles. The largest absolute Gasteiger partial charge is 0.382 e. The van der Waals surface area contributed by atoms with Crippen LogP contribution in [0.25, 0.3) is 0 Å². The maximum Gasteiger partial charge on any atom is 0.0582 e. The summed E-state index contributed by atoms with van der Waals surface area (Å²) in [5.41, 5.74) is 1.09. The fourth-order valence-electron chi connectivity index (χ4n) is 1.37. The van der Waals surface area contributed by atoms with E-state index in [1.54, 1.807) is 6.20 Å². The summed E-state index contributed by atoms with van der Waals surface area (Å²) >= 11 is 6.94. The van der Waals surface area contributed by atoms with Crippen molar-refractivity contribution in [1.82, 2.24) is 9.78 Å². The average molecular weight is 345 g/mol. The van der Waals surface area contributed by atoms with Crippen molar-refractivity contribution in [1.29, 1.82) is 0 Å². The molecule has 0 aliphatic carbocycles. The van der Waals surface area contributed by atoms with Crippen molar-refractivity contribution in [3.05, 3.63) is 45.6 Å². The van der Waals surface area contributed by atoms with Crippen LogP contribution in [0.2, 0.25) is 0 Å². The highest BCUT2D eigenvalue weighted by Gasteiger charge is 1.99. The monoisotopic (exact) mass is 343 g/mol. The number of halogens is 2. The van der Waals surface area contributed by atoms with Crippen molar-refractivity contribution >= 4 is 37.5 Å². The minimum atomic E-state index is 0.849. The molecule has 0 atom stereocenters. The topological polar surface area (TPSA) is 29.9 Å². The van der Waals surface area contributed by atoms with Gasteiger partial charge in [-0.3, -0.25) is 4.68 Å². The Bertz CT molecular complexity index is 454. The molecule has 0 saturated carbocycles. The summed E-state index contributed by atoms with van der Waals surface area (Å²) in [5, 5.41) is 7.49. The minimum absolute atomic E-state index is 0.849. The predicted molar refractivity (Wildman–Crippen MR) is 72.6 cm³/mol. The van der Waals surface area contributed by atoms with Crippen LogP contribution in [0.4, 0.5) is 5.69 Å². The number of hydrogen-bond donors (Lipinski definition) is 1. The number of aromatic nitrogens is 2. The van der Waals surface area contributed by atoms with Crippen LogP contribution in [-0.2, 0) is 6.54 Å². The van der Waals surface area contributed by atoms with Gasteiger partial charge >= 0.3 is 0 Å². The maximum atomic E-state index is 4.14. The summed E-state index contributed by atoms with van der Waals surface area (Å²) in [7, 11) is 0. The first kappa shape index (κ1) is 11.7. The molecule has 0 spiro atoms. The normalized spacial score (nSPS) is 10.4. The van der Waals surface area contributed by atoms with Crippen molar-refractivity contribution in [3.8, 4) is 0 Å². The maximum absolute atomic E-state index is 4.14. The lowest BCUT2D eigenvalue weighted by Crippen LogP contribution is -2.10. The number of benzene rings is 1. The molecule has 5 heteroatoms. The van der Waals surface area contributed by atoms with Crippen molar-refractivity contribution in [3.63, 3.8) is 0 Å². The van der Waals surface area contributed by atoms with Gasteiger partial charge in [-0.15, -0.1) is 0 Å². The van der Waals surface area contributed by atoms with Crippen molar-refractivity contribution < 1.29 is 0 Å². The first-order valence-electron chi connectivity index (χ1n) is 4.92. The second kappa shape index (κ2) is 5.50. The Morgan fingerprint density at radius 2 is 2.19 bits per heavy atom. The van der Waals surface area contributed by atoms with E-state index >= 15 is 0 Å². The van der Waals surface area contributed by atoms with E-state index in [1.807, 2.05) is 35.1 Å². The molecule has 0 amide bonds. The minimum Gasteiger partial charge on any atom is -0.382 e. The number of nitrogens with one attached hydrogen (secondary N) is 1. The molecule has 0 fully saturated rings. The lowest BCUT2D eigenvalue weighted by Gasteiger charge is -2.08. The number of hydrogen-bond acceptors (Lipinski definition) is 2. The van der Waals surface area contributed by atoms with E-state index in [0.29, 0.717) is 0 Å². The van der Waals surface area contributed by atoms with Crippen LogP contribution in [0, 0.1) is 0 Å². The zero-order valence-electron chi connectivity index (χ0n) is 8.53. The SMILES string of the molecule is Brc1ccc(NCCn2cccn2)c(Br)c1. The number of nitrogens with zero attached hydrogens (tertiary/aromatic N) is 2. The van der Waals surface area contributed by atoms with Crippen molar-refractivity contribution in [2.24, 2.45) is 0 Å². The van der Waals surface area contributed by atoms with E-state index in [2.05, 4.69) is 42.3 Å². The van der Waals surface area contributed by atoms with Gasteiger partial charge in [0, 0.05) is 33.6 Å². The Balaban J connectivity index is 1.90. The lowest BCUT2D eigenvalue weighted by atomic mass is 10.3. The molecule has 0 radical (unpaired) electrons. The van der Waals surface area contributed by atoms with E-state index in [4.69, 9.17) is 0 Å². The molecule has 0 bridgehead atoms. The van der Waals surface area contributed by atoms with E-state index in [9.17, 15) is 0 Å². The second-order valence-corrected chi connectivity index (χ2v) is 5.09. The summed E-state index contributed by atoms with van der Waals surface area (Å²) in [6.45, 7) is 1.71. The number of rotatable bonds is 4. The molecular weight excluding hydrogens is 334 g/mol. The molecule has 1 N–H and O–H groups in total. The fourth-order valence-corrected chi connectivity index (χ4v) is 2.56. The lowest BCUT2D eigenvalue weighted by molar-refractivity contribution is 0.638. The van der Waals surface area contributed by atoms with Crippen LogP contribution in [0.3, 0.4) is 0 Å². The highest BCUT2D eigenvalue weighted by molar-refractivity contribution is 9.11.